The molecule has 0 aliphatic carbocycles. The molecule has 10 heteroatoms. The minimum absolute atomic E-state index is 0.0392. The third-order valence-corrected chi connectivity index (χ3v) is 8.27. The highest BCUT2D eigenvalue weighted by Crippen LogP contribution is 2.24. The molecule has 2 aromatic carbocycles. The van der Waals surface area contributed by atoms with Crippen molar-refractivity contribution >= 4 is 31.6 Å². The van der Waals surface area contributed by atoms with E-state index in [0.717, 1.165) is 17.1 Å². The Bertz CT molecular complexity index is 1170. The van der Waals surface area contributed by atoms with Gasteiger partial charge in [-0.1, -0.05) is 19.4 Å². The van der Waals surface area contributed by atoms with Crippen molar-refractivity contribution in [1.82, 2.24) is 9.03 Å². The van der Waals surface area contributed by atoms with Crippen LogP contribution in [0.4, 0.5) is 5.69 Å². The summed E-state index contributed by atoms with van der Waals surface area (Å²) < 4.78 is 53.7. The van der Waals surface area contributed by atoms with Crippen molar-refractivity contribution in [2.45, 2.75) is 43.4 Å². The lowest BCUT2D eigenvalue weighted by atomic mass is 10.1. The van der Waals surface area contributed by atoms with Crippen LogP contribution in [0.3, 0.4) is 0 Å². The van der Waals surface area contributed by atoms with Crippen LogP contribution in [0.25, 0.3) is 0 Å². The molecule has 2 rings (SSSR count). The number of hydrogen-bond donors (Lipinski definition) is 2. The van der Waals surface area contributed by atoms with Gasteiger partial charge in [0.1, 0.15) is 0 Å². The number of rotatable bonds is 9. The fraction of sp³-hybridized carbons (Fsp3) is 0.381. The van der Waals surface area contributed by atoms with E-state index in [2.05, 4.69) is 10.0 Å². The lowest BCUT2D eigenvalue weighted by Gasteiger charge is -2.16. The van der Waals surface area contributed by atoms with E-state index in [4.69, 9.17) is 0 Å². The van der Waals surface area contributed by atoms with E-state index in [0.29, 0.717) is 23.4 Å². The van der Waals surface area contributed by atoms with E-state index in [9.17, 15) is 21.6 Å². The summed E-state index contributed by atoms with van der Waals surface area (Å²) >= 11 is 0. The third-order valence-electron chi connectivity index (χ3n) is 4.87. The summed E-state index contributed by atoms with van der Waals surface area (Å²) in [7, 11) is -4.56. The maximum Gasteiger partial charge on any atom is 0.255 e. The number of anilines is 1. The number of carbonyl (C=O) groups is 1. The fourth-order valence-electron chi connectivity index (χ4n) is 2.83. The van der Waals surface area contributed by atoms with E-state index in [-0.39, 0.29) is 15.4 Å². The molecule has 0 aliphatic heterocycles. The molecular formula is C21H29N3O5S2. The zero-order valence-corrected chi connectivity index (χ0v) is 20.0. The van der Waals surface area contributed by atoms with Crippen molar-refractivity contribution in [2.75, 3.05) is 26.0 Å². The van der Waals surface area contributed by atoms with Crippen molar-refractivity contribution in [3.8, 4) is 0 Å². The minimum atomic E-state index is -3.73. The summed E-state index contributed by atoms with van der Waals surface area (Å²) in [6.45, 7) is 5.72. The smallest absolute Gasteiger partial charge is 0.255 e. The van der Waals surface area contributed by atoms with Crippen molar-refractivity contribution in [2.24, 2.45) is 0 Å². The van der Waals surface area contributed by atoms with Gasteiger partial charge < -0.3 is 5.32 Å². The van der Waals surface area contributed by atoms with Gasteiger partial charge in [0.25, 0.3) is 5.91 Å². The number of amides is 1. The second kappa shape index (κ2) is 9.90. The highest BCUT2D eigenvalue weighted by atomic mass is 32.2. The Morgan fingerprint density at radius 3 is 2.32 bits per heavy atom. The van der Waals surface area contributed by atoms with Gasteiger partial charge in [-0.15, -0.1) is 0 Å². The molecule has 0 aliphatic rings. The third kappa shape index (κ3) is 5.91. The molecule has 2 aromatic rings. The van der Waals surface area contributed by atoms with Gasteiger partial charge in [0.15, 0.2) is 0 Å². The molecule has 0 bridgehead atoms. The Morgan fingerprint density at radius 2 is 1.71 bits per heavy atom. The number of unbranched alkanes of at least 4 members (excludes halogenated alkanes) is 1. The standard InChI is InChI=1S/C21H29N3O5S2/c1-6-7-11-22-30(26,27)19-10-8-9-18(14-19)23-21(25)17-12-15(2)16(3)20(13-17)31(28,29)24(4)5/h8-10,12-14,22H,6-7,11H2,1-5H3,(H,23,25). The SMILES string of the molecule is CCCCNS(=O)(=O)c1cccc(NC(=O)c2cc(C)c(C)c(S(=O)(=O)N(C)C)c2)c1. The Labute approximate surface area is 184 Å². The van der Waals surface area contributed by atoms with Crippen LogP contribution in [0.5, 0.6) is 0 Å². The predicted molar refractivity (Wildman–Crippen MR) is 121 cm³/mol. The molecule has 8 nitrogen and oxygen atoms in total. The van der Waals surface area contributed by atoms with Crippen LogP contribution in [0, 0.1) is 13.8 Å². The van der Waals surface area contributed by atoms with Gasteiger partial charge in [-0.3, -0.25) is 4.79 Å². The number of hydrogen-bond acceptors (Lipinski definition) is 5. The van der Waals surface area contributed by atoms with Crippen molar-refractivity contribution in [3.63, 3.8) is 0 Å². The van der Waals surface area contributed by atoms with E-state index < -0.39 is 26.0 Å². The molecule has 0 spiro atoms. The molecule has 0 saturated heterocycles. The maximum atomic E-state index is 12.8. The Balaban J connectivity index is 2.34. The molecule has 0 aromatic heterocycles. The lowest BCUT2D eigenvalue weighted by molar-refractivity contribution is 0.102. The number of nitrogens with zero attached hydrogens (tertiary/aromatic N) is 1. The van der Waals surface area contributed by atoms with Crippen LogP contribution in [-0.2, 0) is 20.0 Å². The summed E-state index contributed by atoms with van der Waals surface area (Å²) in [6.07, 6.45) is 1.58. The Morgan fingerprint density at radius 1 is 1.03 bits per heavy atom. The Kier molecular flexibility index (Phi) is 7.98. The molecular weight excluding hydrogens is 438 g/mol. The normalized spacial score (nSPS) is 12.2. The first kappa shape index (κ1) is 25.0. The molecule has 0 heterocycles. The van der Waals surface area contributed by atoms with E-state index in [1.54, 1.807) is 26.0 Å². The largest absolute Gasteiger partial charge is 0.322 e. The van der Waals surface area contributed by atoms with Crippen LogP contribution in [0.2, 0.25) is 0 Å². The van der Waals surface area contributed by atoms with Crippen molar-refractivity contribution < 1.29 is 21.6 Å². The molecule has 1 amide bonds. The van der Waals surface area contributed by atoms with E-state index in [1.807, 2.05) is 6.92 Å². The monoisotopic (exact) mass is 467 g/mol. The summed E-state index contributed by atoms with van der Waals surface area (Å²) in [5, 5.41) is 2.65. The molecule has 0 saturated carbocycles. The Hall–Kier alpha value is -2.27. The highest BCUT2D eigenvalue weighted by molar-refractivity contribution is 7.89. The van der Waals surface area contributed by atoms with Crippen LogP contribution in [-0.4, -0.2) is 47.7 Å². The fourth-order valence-corrected chi connectivity index (χ4v) is 5.17. The van der Waals surface area contributed by atoms with Gasteiger partial charge in [0.2, 0.25) is 20.0 Å². The van der Waals surface area contributed by atoms with E-state index >= 15 is 0 Å². The molecule has 0 atom stereocenters. The summed E-state index contributed by atoms with van der Waals surface area (Å²) in [5.41, 5.74) is 1.68. The average molecular weight is 468 g/mol. The van der Waals surface area contributed by atoms with Crippen LogP contribution in [0.1, 0.15) is 41.3 Å². The number of carbonyl (C=O) groups excluding carboxylic acids is 1. The summed E-state index contributed by atoms with van der Waals surface area (Å²) in [4.78, 5) is 12.9. The van der Waals surface area contributed by atoms with Gasteiger partial charge in [-0.2, -0.15) is 0 Å². The number of nitrogens with one attached hydrogen (secondary N) is 2. The molecule has 0 unspecified atom stereocenters. The molecule has 0 fully saturated rings. The zero-order valence-electron chi connectivity index (χ0n) is 18.4. The molecule has 0 radical (unpaired) electrons. The van der Waals surface area contributed by atoms with Gasteiger partial charge in [-0.05, 0) is 61.7 Å². The van der Waals surface area contributed by atoms with Gasteiger partial charge >= 0.3 is 0 Å². The predicted octanol–water partition coefficient (Wildman–Crippen LogP) is 2.88. The highest BCUT2D eigenvalue weighted by Gasteiger charge is 2.23. The molecule has 2 N–H and O–H groups in total. The minimum Gasteiger partial charge on any atom is -0.322 e. The second-order valence-corrected chi connectivity index (χ2v) is 11.3. The molecule has 170 valence electrons. The van der Waals surface area contributed by atoms with Gasteiger partial charge in [-0.25, -0.2) is 25.9 Å². The average Bonchev–Trinajstić information content (AvgIpc) is 2.69. The lowest BCUT2D eigenvalue weighted by Crippen LogP contribution is -2.25. The summed E-state index contributed by atoms with van der Waals surface area (Å²) in [6, 6.07) is 8.85. The number of benzene rings is 2. The first-order valence-electron chi connectivity index (χ1n) is 9.85. The quantitative estimate of drug-likeness (QED) is 0.551. The first-order chi connectivity index (χ1) is 14.4. The topological polar surface area (TPSA) is 113 Å². The summed E-state index contributed by atoms with van der Waals surface area (Å²) in [5.74, 6) is -0.535. The van der Waals surface area contributed by atoms with Crippen LogP contribution >= 0.6 is 0 Å². The van der Waals surface area contributed by atoms with Crippen LogP contribution in [0.15, 0.2) is 46.2 Å². The van der Waals surface area contributed by atoms with Crippen molar-refractivity contribution in [1.29, 1.82) is 0 Å². The first-order valence-corrected chi connectivity index (χ1v) is 12.8. The van der Waals surface area contributed by atoms with E-state index in [1.165, 1.54) is 38.4 Å². The second-order valence-electron chi connectivity index (χ2n) is 7.44. The number of sulfonamides is 2. The molecule has 31 heavy (non-hydrogen) atoms. The maximum absolute atomic E-state index is 12.8. The van der Waals surface area contributed by atoms with Crippen LogP contribution < -0.4 is 10.0 Å². The van der Waals surface area contributed by atoms with Gasteiger partial charge in [0, 0.05) is 31.9 Å². The number of aryl methyl sites for hydroxylation is 1. The zero-order chi connectivity index (χ0) is 23.4. The van der Waals surface area contributed by atoms with Crippen molar-refractivity contribution in [3.05, 3.63) is 53.1 Å². The van der Waals surface area contributed by atoms with Gasteiger partial charge in [0.05, 0.1) is 9.79 Å².